The Morgan fingerprint density at radius 1 is 0.712 bits per heavy atom. The zero-order valence-electron chi connectivity index (χ0n) is 45.9. The Morgan fingerprint density at radius 2 is 1.32 bits per heavy atom. The third kappa shape index (κ3) is 16.1. The first kappa shape index (κ1) is 53.5. The van der Waals surface area contributed by atoms with Crippen molar-refractivity contribution in [1.82, 2.24) is 39.8 Å². The number of hydrogen-bond donors (Lipinski definition) is 2. The van der Waals surface area contributed by atoms with Crippen LogP contribution in [0.3, 0.4) is 0 Å². The van der Waals surface area contributed by atoms with E-state index in [2.05, 4.69) is 183 Å². The molecule has 0 spiro atoms. The summed E-state index contributed by atoms with van der Waals surface area (Å²) >= 11 is 0. The van der Waals surface area contributed by atoms with Gasteiger partial charge in [-0.15, -0.1) is 0 Å². The molecule has 6 rings (SSSR count). The molecule has 66 heavy (non-hydrogen) atoms. The molecule has 1 aromatic carbocycles. The lowest BCUT2D eigenvalue weighted by Gasteiger charge is -2.54. The van der Waals surface area contributed by atoms with Gasteiger partial charge in [0.15, 0.2) is 0 Å². The fraction of sp³-hybridized carbons (Fsp3) is 0.842. The number of aromatic nitrogens is 2. The molecule has 1 atom stereocenters. The first-order valence-electron chi connectivity index (χ1n) is 26.7. The van der Waals surface area contributed by atoms with Crippen molar-refractivity contribution in [3.05, 3.63) is 41.9 Å². The van der Waals surface area contributed by atoms with Crippen LogP contribution in [0.5, 0.6) is 0 Å². The van der Waals surface area contributed by atoms with E-state index in [0.717, 1.165) is 89.4 Å². The molecule has 2 N–H and O–H groups in total. The topological polar surface area (TPSA) is 64.1 Å². The Bertz CT molecular complexity index is 1810. The van der Waals surface area contributed by atoms with Gasteiger partial charge in [-0.1, -0.05) is 67.5 Å². The Morgan fingerprint density at radius 3 is 1.89 bits per heavy atom. The third-order valence-electron chi connectivity index (χ3n) is 15.2. The summed E-state index contributed by atoms with van der Waals surface area (Å²) in [6.45, 7) is 53.0. The molecule has 4 aliphatic rings. The number of likely N-dealkylation sites (tertiary alicyclic amines) is 2. The average molecular weight is 915 g/mol. The summed E-state index contributed by atoms with van der Waals surface area (Å²) in [5.74, 6) is 0. The van der Waals surface area contributed by atoms with Gasteiger partial charge in [-0.25, -0.2) is 4.98 Å². The van der Waals surface area contributed by atoms with E-state index < -0.39 is 0 Å². The number of nitrogens with one attached hydrogen (secondary N) is 2. The molecule has 1 aromatic heterocycles. The molecule has 3 saturated heterocycles. The van der Waals surface area contributed by atoms with Gasteiger partial charge in [-0.05, 0) is 167 Å². The van der Waals surface area contributed by atoms with Crippen LogP contribution in [0.25, 0.3) is 11.3 Å². The maximum atomic E-state index is 7.24. The quantitative estimate of drug-likeness (QED) is 0.163. The third-order valence-corrected chi connectivity index (χ3v) is 15.2. The van der Waals surface area contributed by atoms with Crippen molar-refractivity contribution < 1.29 is 4.74 Å². The van der Waals surface area contributed by atoms with E-state index in [0.29, 0.717) is 17.6 Å². The predicted molar refractivity (Wildman–Crippen MR) is 281 cm³/mol. The summed E-state index contributed by atoms with van der Waals surface area (Å²) in [5.41, 5.74) is 6.23. The second kappa shape index (κ2) is 20.9. The minimum Gasteiger partial charge on any atom is -0.371 e. The van der Waals surface area contributed by atoms with E-state index in [-0.39, 0.29) is 39.1 Å². The summed E-state index contributed by atoms with van der Waals surface area (Å²) < 4.78 is 9.56. The Balaban J connectivity index is 1.05. The molecule has 0 bridgehead atoms. The smallest absolute Gasteiger partial charge is 0.0956 e. The van der Waals surface area contributed by atoms with Crippen molar-refractivity contribution >= 4 is 0 Å². The van der Waals surface area contributed by atoms with Gasteiger partial charge in [0, 0.05) is 105 Å². The predicted octanol–water partition coefficient (Wildman–Crippen LogP) is 10.7. The van der Waals surface area contributed by atoms with E-state index in [1.807, 2.05) is 0 Å². The normalized spacial score (nSPS) is 24.2. The summed E-state index contributed by atoms with van der Waals surface area (Å²) in [6.07, 6.45) is 14.9. The lowest BCUT2D eigenvalue weighted by molar-refractivity contribution is -0.176. The average Bonchev–Trinajstić information content (AvgIpc) is 3.67. The number of ether oxygens (including phenoxy) is 1. The molecule has 4 fully saturated rings. The molecule has 9 heteroatoms. The number of imidazole rings is 1. The molecule has 376 valence electrons. The van der Waals surface area contributed by atoms with Crippen LogP contribution in [-0.2, 0) is 17.6 Å². The van der Waals surface area contributed by atoms with Gasteiger partial charge in [0.1, 0.15) is 0 Å². The first-order chi connectivity index (χ1) is 30.4. The number of nitrogens with zero attached hydrogens (tertiary/aromatic N) is 6. The van der Waals surface area contributed by atoms with E-state index in [4.69, 9.17) is 9.72 Å². The maximum Gasteiger partial charge on any atom is 0.0956 e. The van der Waals surface area contributed by atoms with Gasteiger partial charge >= 0.3 is 0 Å². The number of piperidine rings is 2. The number of piperazine rings is 1. The van der Waals surface area contributed by atoms with Crippen LogP contribution in [-0.4, -0.2) is 142 Å². The first-order valence-corrected chi connectivity index (χ1v) is 26.7. The molecule has 3 aliphatic heterocycles. The fourth-order valence-corrected chi connectivity index (χ4v) is 12.2. The van der Waals surface area contributed by atoms with E-state index in [1.54, 1.807) is 0 Å². The highest BCUT2D eigenvalue weighted by Gasteiger charge is 2.50. The van der Waals surface area contributed by atoms with Gasteiger partial charge in [-0.2, -0.15) is 0 Å². The van der Waals surface area contributed by atoms with Crippen molar-refractivity contribution in [2.24, 2.45) is 16.2 Å². The van der Waals surface area contributed by atoms with Crippen LogP contribution in [0.15, 0.2) is 30.7 Å². The van der Waals surface area contributed by atoms with Gasteiger partial charge in [-0.3, -0.25) is 9.80 Å². The maximum absolute atomic E-state index is 7.24. The fourth-order valence-electron chi connectivity index (χ4n) is 12.2. The van der Waals surface area contributed by atoms with Gasteiger partial charge in [0.2, 0.25) is 0 Å². The Kier molecular flexibility index (Phi) is 16.9. The lowest BCUT2D eigenvalue weighted by atomic mass is 9.68. The van der Waals surface area contributed by atoms with Crippen LogP contribution in [0.2, 0.25) is 0 Å². The second-order valence-corrected chi connectivity index (χ2v) is 28.1. The van der Waals surface area contributed by atoms with Crippen molar-refractivity contribution in [1.29, 1.82) is 0 Å². The van der Waals surface area contributed by atoms with Gasteiger partial charge < -0.3 is 29.7 Å². The van der Waals surface area contributed by atoms with Crippen LogP contribution in [0.1, 0.15) is 180 Å². The highest BCUT2D eigenvalue weighted by Crippen LogP contribution is 2.45. The van der Waals surface area contributed by atoms with Crippen LogP contribution < -0.4 is 10.6 Å². The summed E-state index contributed by atoms with van der Waals surface area (Å²) in [7, 11) is 0. The molecule has 9 nitrogen and oxygen atoms in total. The highest BCUT2D eigenvalue weighted by molar-refractivity contribution is 5.60. The minimum absolute atomic E-state index is 0.0698. The standard InChI is InChI=1S/C57H102N8O/c1-43(37-59-56(16,17)39-57(35-47(36-57)60-53(8,9)10)66-49-22-26-61(27-23-49)40-52(5,6)7)64-38-50(58-42-64)44-18-19-45(33-51(2,3)4)46(32-44)34-55(14,15)41-62-24-20-48(21-25-62)63-28-30-65(31-29-63)54(11,12)13/h18-19,32,38,42-43,47-49,59-60H,20-31,33-37,39-41H2,1-17H3/t43-,47-,57+/m1/s1. The molecule has 0 unspecified atom stereocenters. The van der Waals surface area contributed by atoms with Crippen molar-refractivity contribution in [2.45, 2.75) is 222 Å². The minimum atomic E-state index is -0.0910. The second-order valence-electron chi connectivity index (χ2n) is 28.1. The Hall–Kier alpha value is -1.85. The molecule has 1 aliphatic carbocycles. The Labute approximate surface area is 406 Å². The lowest BCUT2D eigenvalue weighted by Crippen LogP contribution is -2.63. The van der Waals surface area contributed by atoms with Crippen molar-refractivity contribution in [3.8, 4) is 11.3 Å². The number of hydrogen-bond acceptors (Lipinski definition) is 8. The molecule has 2 aromatic rings. The summed E-state index contributed by atoms with van der Waals surface area (Å²) in [5, 5.41) is 7.91. The van der Waals surface area contributed by atoms with Crippen molar-refractivity contribution in [2.75, 3.05) is 72.0 Å². The van der Waals surface area contributed by atoms with Gasteiger partial charge in [0.05, 0.1) is 23.7 Å². The van der Waals surface area contributed by atoms with Crippen LogP contribution >= 0.6 is 0 Å². The molecular weight excluding hydrogens is 813 g/mol. The van der Waals surface area contributed by atoms with Crippen LogP contribution in [0, 0.1) is 16.2 Å². The molecule has 1 saturated carbocycles. The zero-order valence-corrected chi connectivity index (χ0v) is 45.9. The largest absolute Gasteiger partial charge is 0.371 e. The monoisotopic (exact) mass is 915 g/mol. The van der Waals surface area contributed by atoms with Gasteiger partial charge in [0.25, 0.3) is 0 Å². The van der Waals surface area contributed by atoms with E-state index >= 15 is 0 Å². The summed E-state index contributed by atoms with van der Waals surface area (Å²) in [6, 6.07) is 8.75. The molecule has 0 radical (unpaired) electrons. The highest BCUT2D eigenvalue weighted by atomic mass is 16.5. The van der Waals surface area contributed by atoms with E-state index in [9.17, 15) is 0 Å². The molecule has 0 amide bonds. The van der Waals surface area contributed by atoms with E-state index in [1.165, 1.54) is 68.8 Å². The SMILES string of the molecule is C[C@H](CNC(C)(C)C[C@]1(OC2CCN(CC(C)(C)C)CC2)C[C@@H](NC(C)(C)C)C1)n1cnc(-c2ccc(CC(C)(C)C)c(CC(C)(C)CN3CCC(N4CCN(C(C)(C)C)CC4)CC3)c2)c1. The molecular formula is C57H102N8O. The van der Waals surface area contributed by atoms with Crippen molar-refractivity contribution in [3.63, 3.8) is 0 Å². The zero-order chi connectivity index (χ0) is 48.5. The molecule has 4 heterocycles. The number of benzene rings is 1. The van der Waals surface area contributed by atoms with Crippen LogP contribution in [0.4, 0.5) is 0 Å². The number of rotatable bonds is 17. The summed E-state index contributed by atoms with van der Waals surface area (Å²) in [4.78, 5) is 15.9.